The largest absolute Gasteiger partial charge is 0.465 e. The van der Waals surface area contributed by atoms with E-state index in [1.54, 1.807) is 12.3 Å². The summed E-state index contributed by atoms with van der Waals surface area (Å²) in [7, 11) is -0.988. The van der Waals surface area contributed by atoms with E-state index in [0.717, 1.165) is 24.2 Å². The molecule has 0 spiro atoms. The van der Waals surface area contributed by atoms with Crippen molar-refractivity contribution in [2.45, 2.75) is 30.8 Å². The number of esters is 1. The van der Waals surface area contributed by atoms with E-state index in [0.29, 0.717) is 12.2 Å². The van der Waals surface area contributed by atoms with Crippen molar-refractivity contribution in [3.63, 3.8) is 0 Å². The number of carbonyl (C=O) groups excluding carboxylic acids is 1. The molecule has 0 bridgehead atoms. The number of nitrogens with zero attached hydrogens (tertiary/aromatic N) is 1. The summed E-state index contributed by atoms with van der Waals surface area (Å²) in [5.41, 5.74) is 0.555. The number of aryl methyl sites for hydroxylation is 1. The quantitative estimate of drug-likeness (QED) is 0.766. The molecule has 2 heterocycles. The molecule has 0 saturated carbocycles. The fraction of sp³-hybridized carbons (Fsp3) is 0.615. The number of sulfonamides is 1. The monoisotopic (exact) mass is 333 g/mol. The maximum absolute atomic E-state index is 12.7. The van der Waals surface area contributed by atoms with Crippen LogP contribution in [-0.2, 0) is 19.5 Å². The van der Waals surface area contributed by atoms with E-state index in [4.69, 9.17) is 4.74 Å². The molecule has 1 fully saturated rings. The first-order valence-electron chi connectivity index (χ1n) is 6.62. The summed E-state index contributed by atoms with van der Waals surface area (Å²) >= 11 is 1.08. The molecule has 1 saturated heterocycles. The molecule has 0 radical (unpaired) electrons. The van der Waals surface area contributed by atoms with Crippen molar-refractivity contribution in [2.24, 2.45) is 0 Å². The Bertz CT molecular complexity index is 617. The Morgan fingerprint density at radius 1 is 1.57 bits per heavy atom. The number of ether oxygens (including phenoxy) is 2. The number of rotatable bonds is 5. The number of methoxy groups -OCH3 is 1. The molecule has 21 heavy (non-hydrogen) atoms. The van der Waals surface area contributed by atoms with Crippen LogP contribution in [0.5, 0.6) is 0 Å². The zero-order valence-electron chi connectivity index (χ0n) is 12.3. The first kappa shape index (κ1) is 16.4. The van der Waals surface area contributed by atoms with E-state index in [9.17, 15) is 13.2 Å². The second-order valence-electron chi connectivity index (χ2n) is 4.99. The van der Waals surface area contributed by atoms with Gasteiger partial charge in [-0.25, -0.2) is 13.2 Å². The molecule has 0 N–H and O–H groups in total. The normalized spacial score (nSPS) is 19.1. The van der Waals surface area contributed by atoms with E-state index in [1.165, 1.54) is 18.5 Å². The molecule has 1 aromatic rings. The van der Waals surface area contributed by atoms with Crippen molar-refractivity contribution in [3.05, 3.63) is 15.8 Å². The Morgan fingerprint density at radius 2 is 2.29 bits per heavy atom. The molecule has 1 atom stereocenters. The van der Waals surface area contributed by atoms with Gasteiger partial charge in [0, 0.05) is 20.2 Å². The second-order valence-corrected chi connectivity index (χ2v) is 7.85. The van der Waals surface area contributed by atoms with Gasteiger partial charge < -0.3 is 9.47 Å². The van der Waals surface area contributed by atoms with Crippen LogP contribution < -0.4 is 0 Å². The van der Waals surface area contributed by atoms with Gasteiger partial charge in [0.05, 0.1) is 13.2 Å². The van der Waals surface area contributed by atoms with Crippen LogP contribution >= 0.6 is 11.3 Å². The van der Waals surface area contributed by atoms with Crippen LogP contribution in [0.25, 0.3) is 0 Å². The molecule has 0 aromatic carbocycles. The van der Waals surface area contributed by atoms with Crippen molar-refractivity contribution in [1.29, 1.82) is 0 Å². The molecule has 0 aliphatic carbocycles. The average Bonchev–Trinajstić information content (AvgIpc) is 3.07. The number of likely N-dealkylation sites (N-methyl/N-ethyl adjacent to an activating group) is 1. The van der Waals surface area contributed by atoms with E-state index < -0.39 is 16.0 Å². The number of thiophene rings is 1. The van der Waals surface area contributed by atoms with E-state index >= 15 is 0 Å². The third kappa shape index (κ3) is 3.28. The summed E-state index contributed by atoms with van der Waals surface area (Å²) in [6.45, 7) is 2.64. The van der Waals surface area contributed by atoms with Gasteiger partial charge in [0.25, 0.3) is 0 Å². The van der Waals surface area contributed by atoms with Crippen molar-refractivity contribution in [1.82, 2.24) is 4.31 Å². The SMILES string of the molecule is COC(=O)c1scc(C)c1S(=O)(=O)N(C)CC1CCCO1. The van der Waals surface area contributed by atoms with Crippen molar-refractivity contribution >= 4 is 27.3 Å². The Hall–Kier alpha value is -0.960. The van der Waals surface area contributed by atoms with Gasteiger partial charge in [-0.2, -0.15) is 4.31 Å². The van der Waals surface area contributed by atoms with Gasteiger partial charge in [0.1, 0.15) is 9.77 Å². The van der Waals surface area contributed by atoms with Gasteiger partial charge in [-0.15, -0.1) is 11.3 Å². The molecule has 1 aliphatic rings. The third-order valence-electron chi connectivity index (χ3n) is 3.44. The first-order valence-corrected chi connectivity index (χ1v) is 8.94. The van der Waals surface area contributed by atoms with Crippen LogP contribution in [0.1, 0.15) is 28.1 Å². The van der Waals surface area contributed by atoms with Gasteiger partial charge in [-0.3, -0.25) is 0 Å². The van der Waals surface area contributed by atoms with Gasteiger partial charge in [0.15, 0.2) is 0 Å². The molecule has 6 nitrogen and oxygen atoms in total. The molecular weight excluding hydrogens is 314 g/mol. The zero-order chi connectivity index (χ0) is 15.6. The smallest absolute Gasteiger partial charge is 0.349 e. The summed E-state index contributed by atoms with van der Waals surface area (Å²) in [5, 5.41) is 1.65. The highest BCUT2D eigenvalue weighted by Crippen LogP contribution is 2.30. The highest BCUT2D eigenvalue weighted by atomic mass is 32.2. The Kier molecular flexibility index (Phi) is 5.03. The standard InChI is InChI=1S/C13H19NO5S2/c1-9-8-20-11(13(15)18-3)12(9)21(16,17)14(2)7-10-5-4-6-19-10/h8,10H,4-7H2,1-3H3. The lowest BCUT2D eigenvalue weighted by molar-refractivity contribution is 0.0602. The lowest BCUT2D eigenvalue weighted by Crippen LogP contribution is -2.34. The van der Waals surface area contributed by atoms with Gasteiger partial charge >= 0.3 is 5.97 Å². The predicted molar refractivity (Wildman–Crippen MR) is 79.2 cm³/mol. The van der Waals surface area contributed by atoms with E-state index in [2.05, 4.69) is 4.74 Å². The highest BCUT2D eigenvalue weighted by Gasteiger charge is 2.32. The van der Waals surface area contributed by atoms with E-state index in [1.807, 2.05) is 0 Å². The summed E-state index contributed by atoms with van der Waals surface area (Å²) in [6, 6.07) is 0. The minimum atomic E-state index is -3.74. The zero-order valence-corrected chi connectivity index (χ0v) is 13.9. The van der Waals surface area contributed by atoms with Crippen LogP contribution in [0.15, 0.2) is 10.3 Å². The molecule has 0 amide bonds. The van der Waals surface area contributed by atoms with Gasteiger partial charge in [-0.05, 0) is 30.7 Å². The number of hydrogen-bond donors (Lipinski definition) is 0. The van der Waals surface area contributed by atoms with Gasteiger partial charge in [0.2, 0.25) is 10.0 Å². The van der Waals surface area contributed by atoms with Crippen molar-refractivity contribution in [3.8, 4) is 0 Å². The number of carbonyl (C=O) groups is 1. The summed E-state index contributed by atoms with van der Waals surface area (Å²) < 4.78 is 36.8. The molecule has 1 aliphatic heterocycles. The summed E-state index contributed by atoms with van der Waals surface area (Å²) in [6.07, 6.45) is 1.72. The predicted octanol–water partition coefficient (Wildman–Crippen LogP) is 1.64. The number of hydrogen-bond acceptors (Lipinski definition) is 6. The van der Waals surface area contributed by atoms with E-state index in [-0.39, 0.29) is 22.4 Å². The first-order chi connectivity index (χ1) is 9.87. The Labute approximate surface area is 128 Å². The van der Waals surface area contributed by atoms with Crippen LogP contribution in [-0.4, -0.2) is 52.1 Å². The fourth-order valence-electron chi connectivity index (χ4n) is 2.32. The fourth-order valence-corrected chi connectivity index (χ4v) is 5.17. The molecule has 1 aromatic heterocycles. The van der Waals surface area contributed by atoms with Crippen LogP contribution in [0.2, 0.25) is 0 Å². The lowest BCUT2D eigenvalue weighted by atomic mass is 10.2. The van der Waals surface area contributed by atoms with Crippen molar-refractivity contribution in [2.75, 3.05) is 27.3 Å². The van der Waals surface area contributed by atoms with Crippen molar-refractivity contribution < 1.29 is 22.7 Å². The highest BCUT2D eigenvalue weighted by molar-refractivity contribution is 7.89. The molecule has 1 unspecified atom stereocenters. The summed E-state index contributed by atoms with van der Waals surface area (Å²) in [5.74, 6) is -0.628. The minimum Gasteiger partial charge on any atom is -0.465 e. The van der Waals surface area contributed by atoms with Crippen LogP contribution in [0, 0.1) is 6.92 Å². The van der Waals surface area contributed by atoms with Crippen LogP contribution in [0.4, 0.5) is 0 Å². The lowest BCUT2D eigenvalue weighted by Gasteiger charge is -2.21. The average molecular weight is 333 g/mol. The third-order valence-corrected chi connectivity index (χ3v) is 6.66. The second kappa shape index (κ2) is 6.43. The Morgan fingerprint density at radius 3 is 2.86 bits per heavy atom. The molecular formula is C13H19NO5S2. The molecule has 118 valence electrons. The molecule has 8 heteroatoms. The summed E-state index contributed by atoms with van der Waals surface area (Å²) in [4.78, 5) is 11.9. The van der Waals surface area contributed by atoms with Gasteiger partial charge in [-0.1, -0.05) is 0 Å². The maximum atomic E-state index is 12.7. The Balaban J connectivity index is 2.30. The topological polar surface area (TPSA) is 72.9 Å². The molecule has 2 rings (SSSR count). The minimum absolute atomic E-state index is 0.0415. The van der Waals surface area contributed by atoms with Crippen LogP contribution in [0.3, 0.4) is 0 Å². The maximum Gasteiger partial charge on any atom is 0.349 e.